The van der Waals surface area contributed by atoms with Gasteiger partial charge in [-0.15, -0.1) is 0 Å². The van der Waals surface area contributed by atoms with Crippen LogP contribution in [0, 0.1) is 5.82 Å². The number of nitrogens with zero attached hydrogens (tertiary/aromatic N) is 2. The molecule has 12 heteroatoms. The van der Waals surface area contributed by atoms with Crippen molar-refractivity contribution in [3.8, 4) is 22.4 Å². The molecule has 270 valence electrons. The molecule has 0 saturated heterocycles. The van der Waals surface area contributed by atoms with Gasteiger partial charge in [-0.25, -0.2) is 4.39 Å². The Morgan fingerprint density at radius 1 is 0.902 bits per heavy atom. The van der Waals surface area contributed by atoms with Crippen molar-refractivity contribution in [1.82, 2.24) is 9.88 Å². The van der Waals surface area contributed by atoms with E-state index in [4.69, 9.17) is 11.5 Å². The summed E-state index contributed by atoms with van der Waals surface area (Å²) >= 11 is 0. The third kappa shape index (κ3) is 10.8. The van der Waals surface area contributed by atoms with Crippen LogP contribution in [-0.4, -0.2) is 63.6 Å². The SMILES string of the molecule is CC(C)c1c(C(=O)Nc2ccccc2)c(-c2ccccc2)c(-c2ccc(F)cc2)n1CC[C@@H](O)C[C@@H](O)CC(=O)N[C@H](C=O)CCCN=C(N)N. The third-order valence-corrected chi connectivity index (χ3v) is 8.42. The zero-order valence-electron chi connectivity index (χ0n) is 29.0. The van der Waals surface area contributed by atoms with Crippen LogP contribution < -0.4 is 22.1 Å². The van der Waals surface area contributed by atoms with Gasteiger partial charge in [-0.1, -0.05) is 62.4 Å². The molecule has 1 aromatic heterocycles. The molecule has 3 aromatic carbocycles. The second kappa shape index (κ2) is 18.6. The molecule has 1 heterocycles. The van der Waals surface area contributed by atoms with E-state index < -0.39 is 30.0 Å². The van der Waals surface area contributed by atoms with Crippen LogP contribution in [0.25, 0.3) is 22.4 Å². The highest BCUT2D eigenvalue weighted by atomic mass is 19.1. The number of aliphatic imine (C=N–C) groups is 1. The normalized spacial score (nSPS) is 12.9. The van der Waals surface area contributed by atoms with Crippen LogP contribution in [-0.2, 0) is 16.1 Å². The summed E-state index contributed by atoms with van der Waals surface area (Å²) in [6.45, 7) is 4.54. The van der Waals surface area contributed by atoms with Crippen molar-refractivity contribution in [3.05, 3.63) is 102 Å². The van der Waals surface area contributed by atoms with Gasteiger partial charge in [0, 0.05) is 30.0 Å². The van der Waals surface area contributed by atoms with Crippen LogP contribution in [0.2, 0.25) is 0 Å². The minimum Gasteiger partial charge on any atom is -0.393 e. The van der Waals surface area contributed by atoms with Gasteiger partial charge in [-0.2, -0.15) is 0 Å². The van der Waals surface area contributed by atoms with Crippen molar-refractivity contribution in [2.24, 2.45) is 16.5 Å². The maximum atomic E-state index is 14.2. The number of hydrogen-bond acceptors (Lipinski definition) is 6. The summed E-state index contributed by atoms with van der Waals surface area (Å²) < 4.78 is 16.2. The van der Waals surface area contributed by atoms with Crippen LogP contribution in [0.3, 0.4) is 0 Å². The largest absolute Gasteiger partial charge is 0.393 e. The summed E-state index contributed by atoms with van der Waals surface area (Å²) in [5.41, 5.74) is 15.3. The fraction of sp³-hybridized carbons (Fsp3) is 0.333. The predicted octanol–water partition coefficient (Wildman–Crippen LogP) is 4.97. The van der Waals surface area contributed by atoms with E-state index in [1.165, 1.54) is 12.1 Å². The van der Waals surface area contributed by atoms with E-state index in [2.05, 4.69) is 15.6 Å². The third-order valence-electron chi connectivity index (χ3n) is 8.42. The second-order valence-electron chi connectivity index (χ2n) is 12.8. The van der Waals surface area contributed by atoms with E-state index in [0.717, 1.165) is 11.3 Å². The molecule has 11 nitrogen and oxygen atoms in total. The summed E-state index contributed by atoms with van der Waals surface area (Å²) in [5, 5.41) is 27.5. The molecule has 4 aromatic rings. The Hall–Kier alpha value is -5.33. The number of aldehydes is 1. The molecule has 0 unspecified atom stereocenters. The number of halogens is 1. The van der Waals surface area contributed by atoms with Gasteiger partial charge in [0.05, 0.1) is 35.9 Å². The van der Waals surface area contributed by atoms with Gasteiger partial charge in [0.2, 0.25) is 5.91 Å². The van der Waals surface area contributed by atoms with Crippen molar-refractivity contribution >= 4 is 29.7 Å². The number of aliphatic hydroxyl groups is 2. The van der Waals surface area contributed by atoms with Crippen LogP contribution in [0.4, 0.5) is 10.1 Å². The Morgan fingerprint density at radius 3 is 2.16 bits per heavy atom. The fourth-order valence-corrected chi connectivity index (χ4v) is 6.17. The summed E-state index contributed by atoms with van der Waals surface area (Å²) in [6, 6.07) is 24.0. The summed E-state index contributed by atoms with van der Waals surface area (Å²) in [7, 11) is 0. The quantitative estimate of drug-likeness (QED) is 0.0367. The number of hydrogen-bond donors (Lipinski definition) is 6. The standard InChI is InChI=1S/C39H47FN6O5/c1-25(2)36-35(38(51)45-29-12-7-4-8-13-29)34(26-10-5-3-6-11-26)37(27-15-17-28(40)18-16-27)46(36)21-19-31(48)22-32(49)23-33(50)44-30(24-47)14-9-20-43-39(41)42/h3-8,10-13,15-18,24-25,30-32,48-49H,9,14,19-23H2,1-2H3,(H,44,50)(H,45,51)(H4,41,42,43)/t30-,31+,32+/m0/s1. The van der Waals surface area contributed by atoms with Crippen molar-refractivity contribution in [2.45, 2.75) is 76.7 Å². The Labute approximate surface area is 297 Å². The smallest absolute Gasteiger partial charge is 0.258 e. The summed E-state index contributed by atoms with van der Waals surface area (Å²) in [6.07, 6.45) is -0.994. The summed E-state index contributed by atoms with van der Waals surface area (Å²) in [5.74, 6) is -1.44. The molecule has 51 heavy (non-hydrogen) atoms. The number of nitrogens with one attached hydrogen (secondary N) is 2. The first-order valence-corrected chi connectivity index (χ1v) is 17.1. The monoisotopic (exact) mass is 698 g/mol. The minimum absolute atomic E-state index is 0.0575. The van der Waals surface area contributed by atoms with E-state index in [1.54, 1.807) is 12.1 Å². The lowest BCUT2D eigenvalue weighted by Gasteiger charge is -2.21. The average Bonchev–Trinajstić information content (AvgIpc) is 3.45. The van der Waals surface area contributed by atoms with Crippen LogP contribution in [0.1, 0.15) is 67.9 Å². The van der Waals surface area contributed by atoms with Gasteiger partial charge in [-0.05, 0) is 79.1 Å². The van der Waals surface area contributed by atoms with Gasteiger partial charge in [0.25, 0.3) is 5.91 Å². The lowest BCUT2D eigenvalue weighted by molar-refractivity contribution is -0.126. The molecule has 8 N–H and O–H groups in total. The second-order valence-corrected chi connectivity index (χ2v) is 12.8. The van der Waals surface area contributed by atoms with Crippen molar-refractivity contribution in [1.29, 1.82) is 0 Å². The van der Waals surface area contributed by atoms with Crippen molar-refractivity contribution in [3.63, 3.8) is 0 Å². The molecule has 2 amide bonds. The Kier molecular flexibility index (Phi) is 14.0. The van der Waals surface area contributed by atoms with Crippen LogP contribution >= 0.6 is 0 Å². The molecule has 4 rings (SSSR count). The van der Waals surface area contributed by atoms with E-state index in [0.29, 0.717) is 53.7 Å². The van der Waals surface area contributed by atoms with E-state index in [1.807, 2.05) is 79.1 Å². The molecule has 0 fully saturated rings. The molecule has 0 spiro atoms. The molecule has 0 bridgehead atoms. The first kappa shape index (κ1) is 38.5. The maximum absolute atomic E-state index is 14.2. The number of aromatic nitrogens is 1. The number of guanidine groups is 1. The number of carbonyl (C=O) groups is 3. The van der Waals surface area contributed by atoms with E-state index in [-0.39, 0.29) is 43.6 Å². The molecular formula is C39H47FN6O5. The highest BCUT2D eigenvalue weighted by Crippen LogP contribution is 2.42. The van der Waals surface area contributed by atoms with Gasteiger partial charge in [0.1, 0.15) is 12.1 Å². The highest BCUT2D eigenvalue weighted by molar-refractivity contribution is 6.12. The van der Waals surface area contributed by atoms with Gasteiger partial charge in [-0.3, -0.25) is 14.6 Å². The molecule has 0 saturated carbocycles. The topological polar surface area (TPSA) is 185 Å². The Balaban J connectivity index is 1.61. The molecule has 0 aliphatic heterocycles. The highest BCUT2D eigenvalue weighted by Gasteiger charge is 2.31. The molecule has 3 atom stereocenters. The summed E-state index contributed by atoms with van der Waals surface area (Å²) in [4.78, 5) is 42.2. The first-order valence-electron chi connectivity index (χ1n) is 17.1. The number of anilines is 1. The van der Waals surface area contributed by atoms with E-state index >= 15 is 0 Å². The number of para-hydroxylation sites is 1. The number of aliphatic hydroxyl groups excluding tert-OH is 2. The number of amides is 2. The predicted molar refractivity (Wildman–Crippen MR) is 198 cm³/mol. The number of nitrogens with two attached hydrogens (primary N) is 2. The zero-order chi connectivity index (χ0) is 36.9. The number of carbonyl (C=O) groups excluding carboxylic acids is 3. The van der Waals surface area contributed by atoms with Gasteiger partial charge in [0.15, 0.2) is 5.96 Å². The van der Waals surface area contributed by atoms with Crippen molar-refractivity contribution < 1.29 is 29.0 Å². The van der Waals surface area contributed by atoms with Crippen LogP contribution in [0.5, 0.6) is 0 Å². The molecular weight excluding hydrogens is 651 g/mol. The van der Waals surface area contributed by atoms with Gasteiger partial charge >= 0.3 is 0 Å². The van der Waals surface area contributed by atoms with Crippen molar-refractivity contribution in [2.75, 3.05) is 11.9 Å². The van der Waals surface area contributed by atoms with E-state index in [9.17, 15) is 29.0 Å². The van der Waals surface area contributed by atoms with Gasteiger partial charge < -0.3 is 41.7 Å². The minimum atomic E-state index is -1.17. The lowest BCUT2D eigenvalue weighted by atomic mass is 9.94. The Bertz CT molecular complexity index is 1770. The molecule has 0 aliphatic rings. The number of benzene rings is 3. The number of rotatable bonds is 18. The zero-order valence-corrected chi connectivity index (χ0v) is 29.0. The fourth-order valence-electron chi connectivity index (χ4n) is 6.17. The van der Waals surface area contributed by atoms with Crippen LogP contribution in [0.15, 0.2) is 89.9 Å². The maximum Gasteiger partial charge on any atom is 0.258 e. The first-order chi connectivity index (χ1) is 24.5. The average molecular weight is 699 g/mol. The molecule has 0 radical (unpaired) electrons. The molecule has 0 aliphatic carbocycles. The Morgan fingerprint density at radius 2 is 1.55 bits per heavy atom. The lowest BCUT2D eigenvalue weighted by Crippen LogP contribution is -2.38.